The molecule has 0 bridgehead atoms. The molecule has 0 spiro atoms. The first kappa shape index (κ1) is 16.7. The molecule has 1 atom stereocenters. The minimum Gasteiger partial charge on any atom is -0.395 e. The minimum absolute atomic E-state index is 0.0375. The van der Waals surface area contributed by atoms with Gasteiger partial charge in [-0.3, -0.25) is 14.6 Å². The topological polar surface area (TPSA) is 55.8 Å². The van der Waals surface area contributed by atoms with Gasteiger partial charge in [0.1, 0.15) is 0 Å². The lowest BCUT2D eigenvalue weighted by molar-refractivity contribution is -0.127. The smallest absolute Gasteiger partial charge is 0.237 e. The van der Waals surface area contributed by atoms with E-state index in [9.17, 15) is 4.79 Å². The van der Waals surface area contributed by atoms with Gasteiger partial charge in [0, 0.05) is 38.8 Å². The highest BCUT2D eigenvalue weighted by Gasteiger charge is 2.26. The molecule has 1 aliphatic heterocycles. The molecular weight excluding hydrogens is 266 g/mol. The maximum atomic E-state index is 12.4. The van der Waals surface area contributed by atoms with E-state index in [4.69, 9.17) is 5.11 Å². The molecule has 2 rings (SSSR count). The zero-order valence-electron chi connectivity index (χ0n) is 13.4. The summed E-state index contributed by atoms with van der Waals surface area (Å²) in [7, 11) is 0. The zero-order valence-corrected chi connectivity index (χ0v) is 13.4. The first-order chi connectivity index (χ1) is 10.2. The summed E-state index contributed by atoms with van der Waals surface area (Å²) < 4.78 is 0. The first-order valence-electron chi connectivity index (χ1n) is 8.58. The molecule has 1 saturated carbocycles. The van der Waals surface area contributed by atoms with E-state index in [2.05, 4.69) is 15.1 Å². The van der Waals surface area contributed by atoms with E-state index in [0.29, 0.717) is 6.04 Å². The van der Waals surface area contributed by atoms with Gasteiger partial charge in [-0.05, 0) is 19.8 Å². The number of aliphatic hydroxyl groups is 1. The SMILES string of the molecule is C[C@@H](C(=O)NC1CCCCCC1)N1CCN(CCO)CC1. The van der Waals surface area contributed by atoms with Gasteiger partial charge >= 0.3 is 0 Å². The Labute approximate surface area is 128 Å². The minimum atomic E-state index is -0.0375. The lowest BCUT2D eigenvalue weighted by Gasteiger charge is -2.37. The highest BCUT2D eigenvalue weighted by molar-refractivity contribution is 5.81. The normalized spacial score (nSPS) is 24.5. The first-order valence-corrected chi connectivity index (χ1v) is 8.58. The Hall–Kier alpha value is -0.650. The number of piperazine rings is 1. The molecule has 1 aliphatic carbocycles. The van der Waals surface area contributed by atoms with Crippen molar-refractivity contribution in [2.24, 2.45) is 0 Å². The fourth-order valence-electron chi connectivity index (χ4n) is 3.43. The van der Waals surface area contributed by atoms with Gasteiger partial charge in [-0.2, -0.15) is 0 Å². The van der Waals surface area contributed by atoms with Crippen LogP contribution < -0.4 is 5.32 Å². The molecule has 5 heteroatoms. The molecular formula is C16H31N3O2. The van der Waals surface area contributed by atoms with Crippen LogP contribution in [-0.4, -0.2) is 72.2 Å². The quantitative estimate of drug-likeness (QED) is 0.738. The van der Waals surface area contributed by atoms with Gasteiger partial charge in [0.25, 0.3) is 0 Å². The number of amides is 1. The van der Waals surface area contributed by atoms with Crippen molar-refractivity contribution in [1.82, 2.24) is 15.1 Å². The van der Waals surface area contributed by atoms with Crippen molar-refractivity contribution in [3.8, 4) is 0 Å². The molecule has 1 amide bonds. The monoisotopic (exact) mass is 297 g/mol. The number of carbonyl (C=O) groups is 1. The lowest BCUT2D eigenvalue weighted by Crippen LogP contribution is -2.55. The van der Waals surface area contributed by atoms with Crippen molar-refractivity contribution >= 4 is 5.91 Å². The molecule has 2 aliphatic rings. The van der Waals surface area contributed by atoms with Crippen LogP contribution in [0.1, 0.15) is 45.4 Å². The number of nitrogens with one attached hydrogen (secondary N) is 1. The van der Waals surface area contributed by atoms with Crippen molar-refractivity contribution in [1.29, 1.82) is 0 Å². The predicted octanol–water partition coefficient (Wildman–Crippen LogP) is 0.824. The van der Waals surface area contributed by atoms with Crippen LogP contribution in [0, 0.1) is 0 Å². The summed E-state index contributed by atoms with van der Waals surface area (Å²) in [5.74, 6) is 0.192. The standard InChI is InChI=1S/C16H31N3O2/c1-14(19-10-8-18(9-11-19)12-13-20)16(21)17-15-6-4-2-3-5-7-15/h14-15,20H,2-13H2,1H3,(H,17,21)/t14-/m0/s1. The number of rotatable bonds is 5. The fourth-order valence-corrected chi connectivity index (χ4v) is 3.43. The van der Waals surface area contributed by atoms with Crippen LogP contribution in [0.4, 0.5) is 0 Å². The summed E-state index contributed by atoms with van der Waals surface area (Å²) in [5, 5.41) is 12.2. The summed E-state index contributed by atoms with van der Waals surface area (Å²) in [6, 6.07) is 0.350. The largest absolute Gasteiger partial charge is 0.395 e. The highest BCUT2D eigenvalue weighted by Crippen LogP contribution is 2.17. The van der Waals surface area contributed by atoms with Crippen molar-refractivity contribution in [3.05, 3.63) is 0 Å². The summed E-state index contributed by atoms with van der Waals surface area (Å²) in [5.41, 5.74) is 0. The number of nitrogens with zero attached hydrogens (tertiary/aromatic N) is 2. The van der Waals surface area contributed by atoms with Crippen LogP contribution in [0.2, 0.25) is 0 Å². The average molecular weight is 297 g/mol. The third kappa shape index (κ3) is 5.24. The Morgan fingerprint density at radius 1 is 1.14 bits per heavy atom. The van der Waals surface area contributed by atoms with Gasteiger partial charge < -0.3 is 10.4 Å². The molecule has 1 heterocycles. The Morgan fingerprint density at radius 3 is 2.33 bits per heavy atom. The van der Waals surface area contributed by atoms with Crippen molar-refractivity contribution in [2.45, 2.75) is 57.5 Å². The molecule has 0 unspecified atom stereocenters. The third-order valence-corrected chi connectivity index (χ3v) is 4.95. The second-order valence-electron chi connectivity index (χ2n) is 6.47. The van der Waals surface area contributed by atoms with E-state index in [1.54, 1.807) is 0 Å². The maximum Gasteiger partial charge on any atom is 0.237 e. The summed E-state index contributed by atoms with van der Waals surface area (Å²) >= 11 is 0. The summed E-state index contributed by atoms with van der Waals surface area (Å²) in [6.07, 6.45) is 7.41. The zero-order chi connectivity index (χ0) is 15.1. The van der Waals surface area contributed by atoms with Crippen LogP contribution in [0.25, 0.3) is 0 Å². The molecule has 21 heavy (non-hydrogen) atoms. The second-order valence-corrected chi connectivity index (χ2v) is 6.47. The number of carbonyl (C=O) groups excluding carboxylic acids is 1. The average Bonchev–Trinajstić information content (AvgIpc) is 2.76. The van der Waals surface area contributed by atoms with Crippen LogP contribution in [0.15, 0.2) is 0 Å². The van der Waals surface area contributed by atoms with Crippen molar-refractivity contribution in [3.63, 3.8) is 0 Å². The maximum absolute atomic E-state index is 12.4. The molecule has 5 nitrogen and oxygen atoms in total. The van der Waals surface area contributed by atoms with Crippen molar-refractivity contribution < 1.29 is 9.90 Å². The molecule has 0 aromatic carbocycles. The van der Waals surface area contributed by atoms with Gasteiger partial charge in [-0.15, -0.1) is 0 Å². The lowest BCUT2D eigenvalue weighted by atomic mass is 10.1. The third-order valence-electron chi connectivity index (χ3n) is 4.95. The molecule has 2 fully saturated rings. The molecule has 1 saturated heterocycles. The number of hydrogen-bond acceptors (Lipinski definition) is 4. The van der Waals surface area contributed by atoms with E-state index in [0.717, 1.165) is 45.6 Å². The van der Waals surface area contributed by atoms with Gasteiger partial charge in [0.2, 0.25) is 5.91 Å². The van der Waals surface area contributed by atoms with Gasteiger partial charge in [0.15, 0.2) is 0 Å². The molecule has 122 valence electrons. The molecule has 0 aromatic heterocycles. The van der Waals surface area contributed by atoms with E-state index in [1.165, 1.54) is 25.7 Å². The second kappa shape index (κ2) is 8.71. The van der Waals surface area contributed by atoms with E-state index in [-0.39, 0.29) is 18.6 Å². The Morgan fingerprint density at radius 2 is 1.76 bits per heavy atom. The fraction of sp³-hybridized carbons (Fsp3) is 0.938. The number of β-amino-alcohol motifs (C(OH)–C–C–N with tert-alkyl or cyclic N) is 1. The predicted molar refractivity (Wildman–Crippen MR) is 84.2 cm³/mol. The van der Waals surface area contributed by atoms with Gasteiger partial charge in [-0.25, -0.2) is 0 Å². The highest BCUT2D eigenvalue weighted by atomic mass is 16.3. The van der Waals surface area contributed by atoms with Gasteiger partial charge in [0.05, 0.1) is 12.6 Å². The van der Waals surface area contributed by atoms with E-state index in [1.807, 2.05) is 6.92 Å². The van der Waals surface area contributed by atoms with E-state index >= 15 is 0 Å². The van der Waals surface area contributed by atoms with Gasteiger partial charge in [-0.1, -0.05) is 25.7 Å². The Kier molecular flexibility index (Phi) is 6.93. The number of aliphatic hydroxyl groups excluding tert-OH is 1. The molecule has 0 aromatic rings. The molecule has 0 radical (unpaired) electrons. The molecule has 2 N–H and O–H groups in total. The van der Waals surface area contributed by atoms with Crippen LogP contribution >= 0.6 is 0 Å². The Balaban J connectivity index is 1.74. The van der Waals surface area contributed by atoms with Crippen LogP contribution in [0.3, 0.4) is 0 Å². The van der Waals surface area contributed by atoms with Crippen LogP contribution in [0.5, 0.6) is 0 Å². The van der Waals surface area contributed by atoms with Crippen LogP contribution in [-0.2, 0) is 4.79 Å². The Bertz CT molecular complexity index is 309. The van der Waals surface area contributed by atoms with E-state index < -0.39 is 0 Å². The summed E-state index contributed by atoms with van der Waals surface area (Å²) in [4.78, 5) is 16.9. The summed E-state index contributed by atoms with van der Waals surface area (Å²) in [6.45, 7) is 6.71. The van der Waals surface area contributed by atoms with Crippen molar-refractivity contribution in [2.75, 3.05) is 39.3 Å². The number of hydrogen-bond donors (Lipinski definition) is 2.